The summed E-state index contributed by atoms with van der Waals surface area (Å²) >= 11 is 0. The molecule has 0 fully saturated rings. The second-order valence-electron chi connectivity index (χ2n) is 4.69. The Morgan fingerprint density at radius 1 is 1.27 bits per heavy atom. The molecule has 0 saturated heterocycles. The van der Waals surface area contributed by atoms with Gasteiger partial charge in [0.1, 0.15) is 5.75 Å². The minimum Gasteiger partial charge on any atom is -0.495 e. The molecule has 3 amide bonds. The van der Waals surface area contributed by atoms with Crippen molar-refractivity contribution in [1.82, 2.24) is 10.2 Å². The normalized spacial score (nSPS) is 10.4. The van der Waals surface area contributed by atoms with Crippen LogP contribution in [-0.4, -0.2) is 50.1 Å². The van der Waals surface area contributed by atoms with E-state index in [1.54, 1.807) is 12.1 Å². The van der Waals surface area contributed by atoms with E-state index in [1.807, 2.05) is 0 Å². The van der Waals surface area contributed by atoms with Crippen molar-refractivity contribution in [3.05, 3.63) is 23.8 Å². The van der Waals surface area contributed by atoms with Crippen molar-refractivity contribution in [3.8, 4) is 5.75 Å². The Morgan fingerprint density at radius 2 is 1.95 bits per heavy atom. The highest BCUT2D eigenvalue weighted by Crippen LogP contribution is 2.25. The number of benzene rings is 1. The summed E-state index contributed by atoms with van der Waals surface area (Å²) < 4.78 is 5.16. The lowest BCUT2D eigenvalue weighted by Crippen LogP contribution is -2.37. The second-order valence-corrected chi connectivity index (χ2v) is 4.69. The SMILES string of the molecule is CCN(CC)CCNC(=O)Nc1cc(C(N)=O)ccc1OC. The number of ether oxygens (including phenoxy) is 1. The summed E-state index contributed by atoms with van der Waals surface area (Å²) in [5, 5.41) is 5.43. The summed E-state index contributed by atoms with van der Waals surface area (Å²) in [6.45, 7) is 7.33. The van der Waals surface area contributed by atoms with E-state index in [0.717, 1.165) is 19.6 Å². The molecule has 22 heavy (non-hydrogen) atoms. The van der Waals surface area contributed by atoms with Gasteiger partial charge >= 0.3 is 6.03 Å². The molecule has 0 unspecified atom stereocenters. The molecule has 0 atom stereocenters. The average molecular weight is 308 g/mol. The van der Waals surface area contributed by atoms with Gasteiger partial charge in [-0.1, -0.05) is 13.8 Å². The van der Waals surface area contributed by atoms with Crippen molar-refractivity contribution in [2.24, 2.45) is 5.73 Å². The molecule has 0 spiro atoms. The lowest BCUT2D eigenvalue weighted by atomic mass is 10.2. The van der Waals surface area contributed by atoms with E-state index >= 15 is 0 Å². The van der Waals surface area contributed by atoms with Gasteiger partial charge < -0.3 is 26.0 Å². The number of nitrogens with two attached hydrogens (primary N) is 1. The molecule has 7 nitrogen and oxygen atoms in total. The van der Waals surface area contributed by atoms with Gasteiger partial charge in [-0.05, 0) is 31.3 Å². The van der Waals surface area contributed by atoms with E-state index in [1.165, 1.54) is 13.2 Å². The molecule has 122 valence electrons. The van der Waals surface area contributed by atoms with Crippen LogP contribution in [0.2, 0.25) is 0 Å². The van der Waals surface area contributed by atoms with Crippen LogP contribution in [0.5, 0.6) is 5.75 Å². The van der Waals surface area contributed by atoms with Crippen LogP contribution in [0.3, 0.4) is 0 Å². The maximum absolute atomic E-state index is 11.9. The fourth-order valence-electron chi connectivity index (χ4n) is 1.99. The van der Waals surface area contributed by atoms with Crippen LogP contribution in [0.15, 0.2) is 18.2 Å². The number of nitrogens with one attached hydrogen (secondary N) is 2. The first-order valence-electron chi connectivity index (χ1n) is 7.26. The molecule has 0 aliphatic rings. The molecule has 0 bridgehead atoms. The number of methoxy groups -OCH3 is 1. The Hall–Kier alpha value is -2.28. The minimum atomic E-state index is -0.562. The molecule has 1 rings (SSSR count). The van der Waals surface area contributed by atoms with Crippen molar-refractivity contribution >= 4 is 17.6 Å². The number of primary amides is 1. The van der Waals surface area contributed by atoms with Crippen molar-refractivity contribution in [2.45, 2.75) is 13.8 Å². The first-order chi connectivity index (χ1) is 10.5. The van der Waals surface area contributed by atoms with Gasteiger partial charge in [0.05, 0.1) is 12.8 Å². The number of likely N-dealkylation sites (N-methyl/N-ethyl adjacent to an activating group) is 1. The second kappa shape index (κ2) is 8.89. The monoisotopic (exact) mass is 308 g/mol. The van der Waals surface area contributed by atoms with Crippen LogP contribution in [-0.2, 0) is 0 Å². The van der Waals surface area contributed by atoms with Crippen LogP contribution in [0, 0.1) is 0 Å². The van der Waals surface area contributed by atoms with E-state index in [0.29, 0.717) is 23.5 Å². The van der Waals surface area contributed by atoms with Gasteiger partial charge in [0.2, 0.25) is 5.91 Å². The van der Waals surface area contributed by atoms with Gasteiger partial charge in [0.15, 0.2) is 0 Å². The molecule has 7 heteroatoms. The molecule has 0 heterocycles. The number of rotatable bonds is 8. The Morgan fingerprint density at radius 3 is 2.50 bits per heavy atom. The van der Waals surface area contributed by atoms with Crippen molar-refractivity contribution < 1.29 is 14.3 Å². The molecule has 4 N–H and O–H groups in total. The lowest BCUT2D eigenvalue weighted by Gasteiger charge is -2.18. The Kier molecular flexibility index (Phi) is 7.18. The van der Waals surface area contributed by atoms with E-state index in [9.17, 15) is 9.59 Å². The molecule has 1 aromatic rings. The lowest BCUT2D eigenvalue weighted by molar-refractivity contribution is 0.1000. The highest BCUT2D eigenvalue weighted by atomic mass is 16.5. The predicted molar refractivity (Wildman–Crippen MR) is 86.3 cm³/mol. The summed E-state index contributed by atoms with van der Waals surface area (Å²) in [4.78, 5) is 25.3. The number of hydrogen-bond acceptors (Lipinski definition) is 4. The molecule has 0 radical (unpaired) electrons. The molecule has 1 aromatic carbocycles. The van der Waals surface area contributed by atoms with E-state index in [-0.39, 0.29) is 6.03 Å². The summed E-state index contributed by atoms with van der Waals surface area (Å²) in [6.07, 6.45) is 0. The van der Waals surface area contributed by atoms with E-state index < -0.39 is 5.91 Å². The topological polar surface area (TPSA) is 96.7 Å². The van der Waals surface area contributed by atoms with Gasteiger partial charge in [-0.25, -0.2) is 4.79 Å². The van der Waals surface area contributed by atoms with Crippen molar-refractivity contribution in [2.75, 3.05) is 38.6 Å². The van der Waals surface area contributed by atoms with Crippen LogP contribution >= 0.6 is 0 Å². The van der Waals surface area contributed by atoms with Crippen molar-refractivity contribution in [3.63, 3.8) is 0 Å². The van der Waals surface area contributed by atoms with Gasteiger partial charge in [-0.15, -0.1) is 0 Å². The number of amides is 3. The first kappa shape index (κ1) is 17.8. The van der Waals surface area contributed by atoms with Crippen LogP contribution in [0.4, 0.5) is 10.5 Å². The standard InChI is InChI=1S/C15H24N4O3/c1-4-19(5-2)9-8-17-15(21)18-12-10-11(14(16)20)6-7-13(12)22-3/h6-7,10H,4-5,8-9H2,1-3H3,(H2,16,20)(H2,17,18,21). The van der Waals surface area contributed by atoms with Crippen LogP contribution in [0.25, 0.3) is 0 Å². The van der Waals surface area contributed by atoms with Crippen LogP contribution < -0.4 is 21.1 Å². The smallest absolute Gasteiger partial charge is 0.319 e. The molecular formula is C15H24N4O3. The Labute approximate surface area is 130 Å². The summed E-state index contributed by atoms with van der Waals surface area (Å²) in [7, 11) is 1.49. The summed E-state index contributed by atoms with van der Waals surface area (Å²) in [5.74, 6) is -0.100. The number of anilines is 1. The summed E-state index contributed by atoms with van der Waals surface area (Å²) in [5.41, 5.74) is 5.94. The third-order valence-electron chi connectivity index (χ3n) is 3.34. The highest BCUT2D eigenvalue weighted by Gasteiger charge is 2.10. The number of hydrogen-bond donors (Lipinski definition) is 3. The number of carbonyl (C=O) groups is 2. The Balaban J connectivity index is 2.63. The van der Waals surface area contributed by atoms with Gasteiger partial charge in [-0.3, -0.25) is 4.79 Å². The molecule has 0 saturated carbocycles. The fraction of sp³-hybridized carbons (Fsp3) is 0.467. The predicted octanol–water partition coefficient (Wildman–Crippen LogP) is 1.26. The maximum Gasteiger partial charge on any atom is 0.319 e. The summed E-state index contributed by atoms with van der Waals surface area (Å²) in [6, 6.07) is 4.27. The molecule has 0 aliphatic carbocycles. The maximum atomic E-state index is 11.9. The fourth-order valence-corrected chi connectivity index (χ4v) is 1.99. The zero-order chi connectivity index (χ0) is 16.5. The van der Waals surface area contributed by atoms with E-state index in [4.69, 9.17) is 10.5 Å². The van der Waals surface area contributed by atoms with Gasteiger partial charge in [0, 0.05) is 18.7 Å². The van der Waals surface area contributed by atoms with Gasteiger partial charge in [0.25, 0.3) is 0 Å². The van der Waals surface area contributed by atoms with Crippen molar-refractivity contribution in [1.29, 1.82) is 0 Å². The number of carbonyl (C=O) groups excluding carboxylic acids is 2. The average Bonchev–Trinajstić information content (AvgIpc) is 2.51. The Bertz CT molecular complexity index is 516. The highest BCUT2D eigenvalue weighted by molar-refractivity contribution is 5.97. The third kappa shape index (κ3) is 5.25. The van der Waals surface area contributed by atoms with Gasteiger partial charge in [-0.2, -0.15) is 0 Å². The molecule has 0 aromatic heterocycles. The quantitative estimate of drug-likeness (QED) is 0.673. The number of nitrogens with zero attached hydrogens (tertiary/aromatic N) is 1. The largest absolute Gasteiger partial charge is 0.495 e. The molecular weight excluding hydrogens is 284 g/mol. The minimum absolute atomic E-state index is 0.305. The molecule has 0 aliphatic heterocycles. The zero-order valence-electron chi connectivity index (χ0n) is 13.3. The first-order valence-corrected chi connectivity index (χ1v) is 7.26. The third-order valence-corrected chi connectivity index (χ3v) is 3.34. The van der Waals surface area contributed by atoms with E-state index in [2.05, 4.69) is 29.4 Å². The zero-order valence-corrected chi connectivity index (χ0v) is 13.3. The number of urea groups is 1. The van der Waals surface area contributed by atoms with Crippen LogP contribution in [0.1, 0.15) is 24.2 Å².